The summed E-state index contributed by atoms with van der Waals surface area (Å²) in [7, 11) is 1.66. The Morgan fingerprint density at radius 1 is 1.46 bits per heavy atom. The van der Waals surface area contributed by atoms with Crippen molar-refractivity contribution in [3.8, 4) is 0 Å². The lowest BCUT2D eigenvalue weighted by molar-refractivity contribution is -0.133. The SMILES string of the molecule is CC(C)C(=O)N(C)CCNC(=O)O. The van der Waals surface area contributed by atoms with Crippen LogP contribution in [0.2, 0.25) is 0 Å². The molecule has 0 atom stereocenters. The van der Waals surface area contributed by atoms with Gasteiger partial charge in [0.05, 0.1) is 0 Å². The monoisotopic (exact) mass is 188 g/mol. The fourth-order valence-electron chi connectivity index (χ4n) is 0.882. The van der Waals surface area contributed by atoms with Gasteiger partial charge in [-0.3, -0.25) is 4.79 Å². The third-order valence-corrected chi connectivity index (χ3v) is 1.59. The highest BCUT2D eigenvalue weighted by Crippen LogP contribution is 1.97. The number of likely N-dealkylation sites (N-methyl/N-ethyl adjacent to an activating group) is 1. The van der Waals surface area contributed by atoms with Gasteiger partial charge in [0.15, 0.2) is 0 Å². The van der Waals surface area contributed by atoms with Crippen LogP contribution in [-0.4, -0.2) is 42.1 Å². The Morgan fingerprint density at radius 3 is 2.38 bits per heavy atom. The number of amides is 2. The minimum Gasteiger partial charge on any atom is -0.465 e. The summed E-state index contributed by atoms with van der Waals surface area (Å²) in [6, 6.07) is 0. The van der Waals surface area contributed by atoms with Crippen molar-refractivity contribution in [3.63, 3.8) is 0 Å². The number of carboxylic acid groups (broad SMARTS) is 1. The zero-order valence-electron chi connectivity index (χ0n) is 8.20. The smallest absolute Gasteiger partial charge is 0.404 e. The topological polar surface area (TPSA) is 69.6 Å². The van der Waals surface area contributed by atoms with Crippen molar-refractivity contribution in [2.45, 2.75) is 13.8 Å². The summed E-state index contributed by atoms with van der Waals surface area (Å²) in [5.41, 5.74) is 0. The molecule has 0 aromatic heterocycles. The molecule has 76 valence electrons. The average Bonchev–Trinajstić information content (AvgIpc) is 2.02. The molecule has 13 heavy (non-hydrogen) atoms. The number of hydrogen-bond acceptors (Lipinski definition) is 2. The van der Waals surface area contributed by atoms with Gasteiger partial charge in [0.25, 0.3) is 0 Å². The second-order valence-corrected chi connectivity index (χ2v) is 3.15. The van der Waals surface area contributed by atoms with E-state index in [-0.39, 0.29) is 18.4 Å². The van der Waals surface area contributed by atoms with E-state index in [4.69, 9.17) is 5.11 Å². The van der Waals surface area contributed by atoms with Crippen molar-refractivity contribution >= 4 is 12.0 Å². The molecule has 0 bridgehead atoms. The summed E-state index contributed by atoms with van der Waals surface area (Å²) in [5.74, 6) is -0.0259. The maximum atomic E-state index is 11.3. The Hall–Kier alpha value is -1.26. The number of carbonyl (C=O) groups excluding carboxylic acids is 1. The van der Waals surface area contributed by atoms with Crippen LogP contribution in [-0.2, 0) is 4.79 Å². The van der Waals surface area contributed by atoms with E-state index >= 15 is 0 Å². The fourth-order valence-corrected chi connectivity index (χ4v) is 0.882. The average molecular weight is 188 g/mol. The molecule has 0 aliphatic rings. The van der Waals surface area contributed by atoms with Gasteiger partial charge in [-0.15, -0.1) is 0 Å². The van der Waals surface area contributed by atoms with E-state index in [1.807, 2.05) is 13.8 Å². The van der Waals surface area contributed by atoms with Crippen molar-refractivity contribution in [2.75, 3.05) is 20.1 Å². The lowest BCUT2D eigenvalue weighted by Crippen LogP contribution is -2.37. The minimum absolute atomic E-state index is 0.0205. The lowest BCUT2D eigenvalue weighted by Gasteiger charge is -2.18. The van der Waals surface area contributed by atoms with Crippen LogP contribution in [0.1, 0.15) is 13.8 Å². The third-order valence-electron chi connectivity index (χ3n) is 1.59. The molecule has 0 saturated heterocycles. The van der Waals surface area contributed by atoms with Crippen LogP contribution in [0.5, 0.6) is 0 Å². The van der Waals surface area contributed by atoms with Crippen molar-refractivity contribution in [1.82, 2.24) is 10.2 Å². The van der Waals surface area contributed by atoms with E-state index in [0.717, 1.165) is 0 Å². The Morgan fingerprint density at radius 2 is 2.00 bits per heavy atom. The van der Waals surface area contributed by atoms with Crippen LogP contribution in [0.15, 0.2) is 0 Å². The molecule has 0 rings (SSSR count). The summed E-state index contributed by atoms with van der Waals surface area (Å²) in [5, 5.41) is 10.5. The van der Waals surface area contributed by atoms with Gasteiger partial charge in [-0.1, -0.05) is 13.8 Å². The molecular weight excluding hydrogens is 172 g/mol. The second-order valence-electron chi connectivity index (χ2n) is 3.15. The number of nitrogens with one attached hydrogen (secondary N) is 1. The van der Waals surface area contributed by atoms with E-state index in [1.54, 1.807) is 7.05 Å². The van der Waals surface area contributed by atoms with Crippen LogP contribution in [0.25, 0.3) is 0 Å². The number of rotatable bonds is 4. The molecule has 0 saturated carbocycles. The highest BCUT2D eigenvalue weighted by Gasteiger charge is 2.11. The second kappa shape index (κ2) is 5.40. The fraction of sp³-hybridized carbons (Fsp3) is 0.750. The molecule has 0 unspecified atom stereocenters. The number of carbonyl (C=O) groups is 2. The zero-order valence-corrected chi connectivity index (χ0v) is 8.20. The van der Waals surface area contributed by atoms with E-state index in [1.165, 1.54) is 4.90 Å². The molecule has 5 nitrogen and oxygen atoms in total. The largest absolute Gasteiger partial charge is 0.465 e. The molecule has 2 amide bonds. The quantitative estimate of drug-likeness (QED) is 0.669. The van der Waals surface area contributed by atoms with Crippen LogP contribution in [0, 0.1) is 5.92 Å². The first-order valence-electron chi connectivity index (χ1n) is 4.17. The van der Waals surface area contributed by atoms with Crippen molar-refractivity contribution in [1.29, 1.82) is 0 Å². The molecule has 0 heterocycles. The lowest BCUT2D eigenvalue weighted by atomic mass is 10.2. The first-order chi connectivity index (χ1) is 5.95. The normalized spacial score (nSPS) is 9.85. The Labute approximate surface area is 77.7 Å². The first-order valence-corrected chi connectivity index (χ1v) is 4.17. The highest BCUT2D eigenvalue weighted by molar-refractivity contribution is 5.77. The van der Waals surface area contributed by atoms with Gasteiger partial charge in [0, 0.05) is 26.1 Å². The van der Waals surface area contributed by atoms with Gasteiger partial charge in [-0.25, -0.2) is 4.79 Å². The summed E-state index contributed by atoms with van der Waals surface area (Å²) in [4.78, 5) is 22.9. The van der Waals surface area contributed by atoms with Gasteiger partial charge in [0.1, 0.15) is 0 Å². The van der Waals surface area contributed by atoms with Crippen LogP contribution in [0.3, 0.4) is 0 Å². The molecule has 0 aliphatic carbocycles. The Bertz CT molecular complexity index is 192. The predicted molar refractivity (Wildman–Crippen MR) is 48.5 cm³/mol. The van der Waals surface area contributed by atoms with Crippen LogP contribution >= 0.6 is 0 Å². The van der Waals surface area contributed by atoms with Gasteiger partial charge >= 0.3 is 6.09 Å². The number of hydrogen-bond donors (Lipinski definition) is 2. The molecule has 5 heteroatoms. The van der Waals surface area contributed by atoms with Gasteiger partial charge in [0.2, 0.25) is 5.91 Å². The first kappa shape index (κ1) is 11.7. The summed E-state index contributed by atoms with van der Waals surface area (Å²) < 4.78 is 0. The Balaban J connectivity index is 3.68. The summed E-state index contributed by atoms with van der Waals surface area (Å²) in [6.45, 7) is 4.29. The molecule has 0 fully saturated rings. The van der Waals surface area contributed by atoms with Crippen LogP contribution < -0.4 is 5.32 Å². The third kappa shape index (κ3) is 5.05. The molecule has 0 spiro atoms. The molecule has 0 aliphatic heterocycles. The van der Waals surface area contributed by atoms with Gasteiger partial charge < -0.3 is 15.3 Å². The maximum absolute atomic E-state index is 11.3. The summed E-state index contributed by atoms with van der Waals surface area (Å²) >= 11 is 0. The Kier molecular flexibility index (Phi) is 4.87. The predicted octanol–water partition coefficient (Wildman–Crippen LogP) is 0.368. The molecule has 0 radical (unpaired) electrons. The van der Waals surface area contributed by atoms with Crippen molar-refractivity contribution in [3.05, 3.63) is 0 Å². The molecule has 0 aromatic carbocycles. The van der Waals surface area contributed by atoms with Gasteiger partial charge in [-0.2, -0.15) is 0 Å². The molecule has 2 N–H and O–H groups in total. The van der Waals surface area contributed by atoms with Crippen molar-refractivity contribution < 1.29 is 14.7 Å². The van der Waals surface area contributed by atoms with E-state index < -0.39 is 6.09 Å². The van der Waals surface area contributed by atoms with Crippen molar-refractivity contribution in [2.24, 2.45) is 5.92 Å². The van der Waals surface area contributed by atoms with Crippen LogP contribution in [0.4, 0.5) is 4.79 Å². The highest BCUT2D eigenvalue weighted by atomic mass is 16.4. The number of nitrogens with zero attached hydrogens (tertiary/aromatic N) is 1. The minimum atomic E-state index is -1.06. The zero-order chi connectivity index (χ0) is 10.4. The summed E-state index contributed by atoms with van der Waals surface area (Å²) in [6.07, 6.45) is -1.06. The van der Waals surface area contributed by atoms with E-state index in [0.29, 0.717) is 6.54 Å². The maximum Gasteiger partial charge on any atom is 0.404 e. The van der Waals surface area contributed by atoms with E-state index in [2.05, 4.69) is 5.32 Å². The standard InChI is InChI=1S/C8H16N2O3/c1-6(2)7(11)10(3)5-4-9-8(12)13/h6,9H,4-5H2,1-3H3,(H,12,13). The van der Waals surface area contributed by atoms with E-state index in [9.17, 15) is 9.59 Å². The molecule has 0 aromatic rings. The van der Waals surface area contributed by atoms with Gasteiger partial charge in [-0.05, 0) is 0 Å². The molecular formula is C8H16N2O3.